The van der Waals surface area contributed by atoms with Crippen molar-refractivity contribution >= 4 is 63.2 Å². The molecule has 1 aromatic carbocycles. The number of benzene rings is 1. The molecule has 7 heteroatoms. The van der Waals surface area contributed by atoms with E-state index in [1.54, 1.807) is 41.1 Å². The standard InChI is InChI=1S/C21H22I2N2O3/c22-15-6-1-12(2-7-15)13-3-8-16(9-4-13)24-19(26)14-5-10-17-18(11-14)21(28)25(23)20(17)27/h1,5-6,10-13,15-16H,2-4,7-9H2,(H,24,26). The van der Waals surface area contributed by atoms with Crippen molar-refractivity contribution in [2.24, 2.45) is 11.8 Å². The number of amides is 3. The topological polar surface area (TPSA) is 66.5 Å². The van der Waals surface area contributed by atoms with Gasteiger partial charge in [-0.05, 0) is 68.6 Å². The van der Waals surface area contributed by atoms with Crippen LogP contribution in [0.3, 0.4) is 0 Å². The highest BCUT2D eigenvalue weighted by molar-refractivity contribution is 14.1. The van der Waals surface area contributed by atoms with Gasteiger partial charge in [0.25, 0.3) is 17.7 Å². The summed E-state index contributed by atoms with van der Waals surface area (Å²) in [5.41, 5.74) is 1.12. The maximum Gasteiger partial charge on any atom is 0.270 e. The van der Waals surface area contributed by atoms with Gasteiger partial charge in [0.15, 0.2) is 0 Å². The van der Waals surface area contributed by atoms with Gasteiger partial charge in [0.05, 0.1) is 34.0 Å². The van der Waals surface area contributed by atoms with Gasteiger partial charge in [0.2, 0.25) is 0 Å². The highest BCUT2D eigenvalue weighted by Gasteiger charge is 2.35. The van der Waals surface area contributed by atoms with Crippen LogP contribution in [-0.4, -0.2) is 30.8 Å². The zero-order valence-corrected chi connectivity index (χ0v) is 19.7. The van der Waals surface area contributed by atoms with Crippen LogP contribution in [0, 0.1) is 11.8 Å². The van der Waals surface area contributed by atoms with Crippen molar-refractivity contribution in [3.05, 3.63) is 47.0 Å². The number of carbonyl (C=O) groups is 3. The van der Waals surface area contributed by atoms with Crippen LogP contribution >= 0.6 is 45.5 Å². The summed E-state index contributed by atoms with van der Waals surface area (Å²) in [7, 11) is 0. The Morgan fingerprint density at radius 3 is 2.36 bits per heavy atom. The van der Waals surface area contributed by atoms with Gasteiger partial charge in [0.1, 0.15) is 0 Å². The molecule has 28 heavy (non-hydrogen) atoms. The molecule has 0 saturated heterocycles. The van der Waals surface area contributed by atoms with E-state index >= 15 is 0 Å². The fourth-order valence-electron chi connectivity index (χ4n) is 4.51. The second kappa shape index (κ2) is 8.41. The molecule has 1 aromatic rings. The number of fused-ring (bicyclic) bond motifs is 1. The minimum Gasteiger partial charge on any atom is -0.349 e. The number of imide groups is 1. The third-order valence-electron chi connectivity index (χ3n) is 6.15. The molecule has 5 nitrogen and oxygen atoms in total. The van der Waals surface area contributed by atoms with E-state index < -0.39 is 0 Å². The van der Waals surface area contributed by atoms with Gasteiger partial charge in [-0.25, -0.2) is 3.11 Å². The van der Waals surface area contributed by atoms with Crippen molar-refractivity contribution in [2.45, 2.75) is 48.5 Å². The average Bonchev–Trinajstić information content (AvgIpc) is 2.93. The quantitative estimate of drug-likeness (QED) is 0.179. The molecule has 1 aliphatic heterocycles. The number of alkyl halides is 1. The molecule has 4 rings (SSSR count). The molecule has 1 fully saturated rings. The van der Waals surface area contributed by atoms with Gasteiger partial charge in [-0.2, -0.15) is 0 Å². The van der Waals surface area contributed by atoms with E-state index in [-0.39, 0.29) is 23.8 Å². The lowest BCUT2D eigenvalue weighted by Crippen LogP contribution is -2.38. The molecule has 3 aliphatic rings. The first-order valence-electron chi connectivity index (χ1n) is 9.76. The largest absolute Gasteiger partial charge is 0.349 e. The highest BCUT2D eigenvalue weighted by atomic mass is 127. The van der Waals surface area contributed by atoms with Crippen molar-refractivity contribution < 1.29 is 14.4 Å². The molecule has 1 N–H and O–H groups in total. The maximum atomic E-state index is 12.7. The summed E-state index contributed by atoms with van der Waals surface area (Å²) in [6, 6.07) is 4.94. The SMILES string of the molecule is O=C(NC1CCC(C2C=CC(I)CC2)CC1)c1ccc2c(c1)C(=O)N(I)C2=O. The molecule has 1 saturated carbocycles. The summed E-state index contributed by atoms with van der Waals surface area (Å²) < 4.78 is 1.74. The summed E-state index contributed by atoms with van der Waals surface area (Å²) in [6.07, 6.45) is 11.6. The first-order chi connectivity index (χ1) is 13.4. The zero-order chi connectivity index (χ0) is 19.8. The van der Waals surface area contributed by atoms with Crippen LogP contribution in [0.4, 0.5) is 0 Å². The molecule has 0 aromatic heterocycles. The van der Waals surface area contributed by atoms with Gasteiger partial charge >= 0.3 is 0 Å². The van der Waals surface area contributed by atoms with Crippen LogP contribution < -0.4 is 5.32 Å². The number of nitrogens with zero attached hydrogens (tertiary/aromatic N) is 1. The van der Waals surface area contributed by atoms with E-state index in [9.17, 15) is 14.4 Å². The molecule has 2 unspecified atom stereocenters. The molecule has 0 spiro atoms. The lowest BCUT2D eigenvalue weighted by atomic mass is 9.75. The Balaban J connectivity index is 1.35. The van der Waals surface area contributed by atoms with Gasteiger partial charge < -0.3 is 5.32 Å². The average molecular weight is 604 g/mol. The van der Waals surface area contributed by atoms with E-state index in [2.05, 4.69) is 40.1 Å². The molecular weight excluding hydrogens is 582 g/mol. The summed E-state index contributed by atoms with van der Waals surface area (Å²) in [4.78, 5) is 36.8. The molecule has 3 amide bonds. The third kappa shape index (κ3) is 4.01. The minimum atomic E-state index is -0.356. The lowest BCUT2D eigenvalue weighted by Gasteiger charge is -2.34. The summed E-state index contributed by atoms with van der Waals surface area (Å²) in [5.74, 6) is 0.580. The second-order valence-corrected chi connectivity index (χ2v) is 10.4. The van der Waals surface area contributed by atoms with Crippen LogP contribution in [0.25, 0.3) is 0 Å². The number of halogens is 2. The van der Waals surface area contributed by atoms with Crippen molar-refractivity contribution in [1.29, 1.82) is 0 Å². The van der Waals surface area contributed by atoms with Crippen molar-refractivity contribution in [2.75, 3.05) is 0 Å². The number of hydrogen-bond donors (Lipinski definition) is 1. The van der Waals surface area contributed by atoms with Crippen molar-refractivity contribution in [3.63, 3.8) is 0 Å². The normalized spacial score (nSPS) is 29.7. The predicted octanol–water partition coefficient (Wildman–Crippen LogP) is 4.69. The van der Waals surface area contributed by atoms with Crippen LogP contribution in [0.5, 0.6) is 0 Å². The molecule has 0 bridgehead atoms. The monoisotopic (exact) mass is 604 g/mol. The number of carbonyl (C=O) groups excluding carboxylic acids is 3. The number of allylic oxidation sites excluding steroid dienone is 2. The van der Waals surface area contributed by atoms with Crippen LogP contribution in [0.15, 0.2) is 30.4 Å². The van der Waals surface area contributed by atoms with E-state index in [1.165, 1.54) is 12.8 Å². The first kappa shape index (κ1) is 20.3. The van der Waals surface area contributed by atoms with E-state index in [1.807, 2.05) is 0 Å². The van der Waals surface area contributed by atoms with Crippen LogP contribution in [0.2, 0.25) is 0 Å². The van der Waals surface area contributed by atoms with E-state index in [0.717, 1.165) is 34.7 Å². The smallest absolute Gasteiger partial charge is 0.270 e. The fraction of sp³-hybridized carbons (Fsp3) is 0.476. The Bertz CT molecular complexity index is 846. The molecular formula is C21H22I2N2O3. The Morgan fingerprint density at radius 2 is 1.68 bits per heavy atom. The number of hydrogen-bond acceptors (Lipinski definition) is 3. The van der Waals surface area contributed by atoms with Gasteiger partial charge in [-0.3, -0.25) is 14.4 Å². The van der Waals surface area contributed by atoms with Gasteiger partial charge in [-0.1, -0.05) is 34.7 Å². The maximum absolute atomic E-state index is 12.7. The zero-order valence-electron chi connectivity index (χ0n) is 15.4. The second-order valence-electron chi connectivity index (χ2n) is 7.88. The Hall–Kier alpha value is -0.970. The molecule has 0 radical (unpaired) electrons. The lowest BCUT2D eigenvalue weighted by molar-refractivity contribution is 0.0796. The van der Waals surface area contributed by atoms with Crippen LogP contribution in [-0.2, 0) is 0 Å². The minimum absolute atomic E-state index is 0.163. The van der Waals surface area contributed by atoms with E-state index in [0.29, 0.717) is 26.5 Å². The molecule has 148 valence electrons. The summed E-state index contributed by atoms with van der Waals surface area (Å²) in [5, 5.41) is 3.12. The third-order valence-corrected chi connectivity index (χ3v) is 8.07. The molecule has 2 aliphatic carbocycles. The van der Waals surface area contributed by atoms with Crippen molar-refractivity contribution in [1.82, 2.24) is 8.43 Å². The number of nitrogens with one attached hydrogen (secondary N) is 1. The first-order valence-corrected chi connectivity index (χ1v) is 12.0. The Labute approximate surface area is 192 Å². The highest BCUT2D eigenvalue weighted by Crippen LogP contribution is 2.37. The van der Waals surface area contributed by atoms with Crippen LogP contribution in [0.1, 0.15) is 69.6 Å². The predicted molar refractivity (Wildman–Crippen MR) is 124 cm³/mol. The van der Waals surface area contributed by atoms with E-state index in [4.69, 9.17) is 0 Å². The van der Waals surface area contributed by atoms with Gasteiger partial charge in [-0.15, -0.1) is 0 Å². The van der Waals surface area contributed by atoms with Gasteiger partial charge in [0, 0.05) is 15.5 Å². The Kier molecular flexibility index (Phi) is 6.10. The Morgan fingerprint density at radius 1 is 0.964 bits per heavy atom. The van der Waals surface area contributed by atoms with Crippen molar-refractivity contribution in [3.8, 4) is 0 Å². The molecule has 2 atom stereocenters. The summed E-state index contributed by atoms with van der Waals surface area (Å²) in [6.45, 7) is 0. The number of rotatable bonds is 3. The fourth-order valence-corrected chi connectivity index (χ4v) is 5.63. The molecule has 1 heterocycles. The summed E-state index contributed by atoms with van der Waals surface area (Å²) >= 11 is 4.20.